The molecule has 0 unspecified atom stereocenters. The zero-order valence-corrected chi connectivity index (χ0v) is 15.4. The lowest BCUT2D eigenvalue weighted by atomic mass is 10.2. The Morgan fingerprint density at radius 3 is 2.58 bits per heavy atom. The maximum absolute atomic E-state index is 12.2. The number of morpholine rings is 1. The number of amidine groups is 1. The number of sulfonamides is 1. The Hall–Kier alpha value is -1.95. The first kappa shape index (κ1) is 18.8. The van der Waals surface area contributed by atoms with Crippen LogP contribution in [0.4, 0.5) is 5.69 Å². The summed E-state index contributed by atoms with van der Waals surface area (Å²) in [5, 5.41) is 7.74. The van der Waals surface area contributed by atoms with Crippen molar-refractivity contribution in [1.82, 2.24) is 4.90 Å². The van der Waals surface area contributed by atoms with E-state index in [1.165, 1.54) is 36.0 Å². The lowest BCUT2D eigenvalue weighted by molar-refractivity contribution is -0.121. The van der Waals surface area contributed by atoms with E-state index in [0.29, 0.717) is 37.2 Å². The van der Waals surface area contributed by atoms with Crippen molar-refractivity contribution in [3.8, 4) is 0 Å². The van der Waals surface area contributed by atoms with Crippen LogP contribution in [-0.4, -0.2) is 61.9 Å². The summed E-state index contributed by atoms with van der Waals surface area (Å²) in [6.07, 6.45) is -0.0161. The molecule has 1 aromatic rings. The molecule has 2 aliphatic rings. The number of carbonyl (C=O) groups is 2. The summed E-state index contributed by atoms with van der Waals surface area (Å²) >= 11 is 1.28. The monoisotopic (exact) mass is 398 g/mol. The summed E-state index contributed by atoms with van der Waals surface area (Å²) in [7, 11) is -3.78. The molecule has 1 fully saturated rings. The van der Waals surface area contributed by atoms with Gasteiger partial charge >= 0.3 is 0 Å². The summed E-state index contributed by atoms with van der Waals surface area (Å²) in [4.78, 5) is 30.2. The number of hydrogen-bond acceptors (Lipinski definition) is 7. The van der Waals surface area contributed by atoms with Crippen LogP contribution in [0, 0.1) is 0 Å². The van der Waals surface area contributed by atoms with Crippen LogP contribution in [0.15, 0.2) is 34.2 Å². The van der Waals surface area contributed by atoms with Crippen molar-refractivity contribution in [2.45, 2.75) is 16.6 Å². The van der Waals surface area contributed by atoms with Crippen molar-refractivity contribution in [3.63, 3.8) is 0 Å². The molecule has 0 radical (unpaired) electrons. The van der Waals surface area contributed by atoms with Crippen molar-refractivity contribution in [2.24, 2.45) is 10.1 Å². The summed E-state index contributed by atoms with van der Waals surface area (Å²) in [5.41, 5.74) is 0.423. The Bertz CT molecular complexity index is 832. The predicted molar refractivity (Wildman–Crippen MR) is 97.3 cm³/mol. The molecular weight excluding hydrogens is 380 g/mol. The normalized spacial score (nSPS) is 20.8. The Morgan fingerprint density at radius 2 is 1.96 bits per heavy atom. The number of aliphatic imine (C=N–C) groups is 1. The molecule has 1 saturated heterocycles. The van der Waals surface area contributed by atoms with E-state index in [-0.39, 0.29) is 23.1 Å². The van der Waals surface area contributed by atoms with Crippen LogP contribution >= 0.6 is 11.8 Å². The van der Waals surface area contributed by atoms with Crippen LogP contribution in [0.3, 0.4) is 0 Å². The lowest BCUT2D eigenvalue weighted by Gasteiger charge is -2.27. The Labute approximate surface area is 155 Å². The van der Waals surface area contributed by atoms with Crippen LogP contribution in [-0.2, 0) is 24.3 Å². The van der Waals surface area contributed by atoms with E-state index in [1.54, 1.807) is 0 Å². The zero-order chi connectivity index (χ0) is 18.7. The summed E-state index contributed by atoms with van der Waals surface area (Å²) in [5.74, 6) is -0.672. The number of carbonyl (C=O) groups excluding carboxylic acids is 2. The smallest absolute Gasteiger partial charge is 0.262 e. The molecule has 26 heavy (non-hydrogen) atoms. The number of amides is 2. The maximum atomic E-state index is 12.2. The number of nitrogens with zero attached hydrogens (tertiary/aromatic N) is 2. The molecule has 2 heterocycles. The minimum atomic E-state index is -3.78. The van der Waals surface area contributed by atoms with E-state index in [4.69, 9.17) is 9.88 Å². The minimum Gasteiger partial charge on any atom is -0.378 e. The highest BCUT2D eigenvalue weighted by molar-refractivity contribution is 8.15. The van der Waals surface area contributed by atoms with Crippen molar-refractivity contribution in [1.29, 1.82) is 0 Å². The number of nitrogens with two attached hydrogens (primary N) is 1. The van der Waals surface area contributed by atoms with Crippen molar-refractivity contribution in [3.05, 3.63) is 24.3 Å². The number of ether oxygens (including phenoxy) is 1. The SMILES string of the molecule is NS(=O)(=O)c1ccc(NC(=O)C[C@H]2SC(N3CCOCC3)=NC2=O)cc1. The molecule has 0 aromatic heterocycles. The van der Waals surface area contributed by atoms with E-state index in [9.17, 15) is 18.0 Å². The average molecular weight is 398 g/mol. The molecule has 1 aromatic carbocycles. The first-order valence-corrected chi connectivity index (χ1v) is 10.3. The van der Waals surface area contributed by atoms with Crippen LogP contribution < -0.4 is 10.5 Å². The Kier molecular flexibility index (Phi) is 5.61. The van der Waals surface area contributed by atoms with Gasteiger partial charge in [0.25, 0.3) is 5.91 Å². The maximum Gasteiger partial charge on any atom is 0.262 e. The van der Waals surface area contributed by atoms with Gasteiger partial charge in [0.2, 0.25) is 15.9 Å². The second kappa shape index (κ2) is 7.74. The van der Waals surface area contributed by atoms with E-state index in [0.717, 1.165) is 0 Å². The van der Waals surface area contributed by atoms with Gasteiger partial charge in [-0.2, -0.15) is 4.99 Å². The fourth-order valence-corrected chi connectivity index (χ4v) is 4.14. The van der Waals surface area contributed by atoms with Crippen molar-refractivity contribution in [2.75, 3.05) is 31.6 Å². The van der Waals surface area contributed by atoms with Gasteiger partial charge in [-0.3, -0.25) is 9.59 Å². The first-order valence-electron chi connectivity index (χ1n) is 7.87. The van der Waals surface area contributed by atoms with Gasteiger partial charge in [-0.15, -0.1) is 0 Å². The molecule has 0 saturated carbocycles. The van der Waals surface area contributed by atoms with Crippen molar-refractivity contribution >= 4 is 44.5 Å². The number of primary sulfonamides is 1. The highest BCUT2D eigenvalue weighted by Crippen LogP contribution is 2.28. The first-order chi connectivity index (χ1) is 12.3. The highest BCUT2D eigenvalue weighted by Gasteiger charge is 2.33. The third-order valence-corrected chi connectivity index (χ3v) is 5.99. The molecular formula is C15H18N4O5S2. The fourth-order valence-electron chi connectivity index (χ4n) is 2.51. The number of hydrogen-bond donors (Lipinski definition) is 2. The van der Waals surface area contributed by atoms with Crippen molar-refractivity contribution < 1.29 is 22.7 Å². The van der Waals surface area contributed by atoms with Gasteiger partial charge < -0.3 is 15.0 Å². The van der Waals surface area contributed by atoms with Gasteiger partial charge in [0, 0.05) is 25.2 Å². The quantitative estimate of drug-likeness (QED) is 0.729. The predicted octanol–water partition coefficient (Wildman–Crippen LogP) is -0.00720. The molecule has 9 nitrogen and oxygen atoms in total. The molecule has 3 rings (SSSR count). The topological polar surface area (TPSA) is 131 Å². The number of thioether (sulfide) groups is 1. The van der Waals surface area contributed by atoms with E-state index < -0.39 is 15.3 Å². The Morgan fingerprint density at radius 1 is 1.31 bits per heavy atom. The van der Waals surface area contributed by atoms with Crippen LogP contribution in [0.25, 0.3) is 0 Å². The number of rotatable bonds is 4. The molecule has 1 atom stereocenters. The van der Waals surface area contributed by atoms with Gasteiger partial charge in [0.15, 0.2) is 5.17 Å². The number of benzene rings is 1. The summed E-state index contributed by atoms with van der Waals surface area (Å²) < 4.78 is 27.7. The van der Waals surface area contributed by atoms with E-state index in [1.807, 2.05) is 4.90 Å². The molecule has 2 aliphatic heterocycles. The van der Waals surface area contributed by atoms with Crippen LogP contribution in [0.2, 0.25) is 0 Å². The lowest BCUT2D eigenvalue weighted by Crippen LogP contribution is -2.39. The summed E-state index contributed by atoms with van der Waals surface area (Å²) in [6, 6.07) is 5.49. The van der Waals surface area contributed by atoms with Gasteiger partial charge in [0.1, 0.15) is 5.25 Å². The zero-order valence-electron chi connectivity index (χ0n) is 13.8. The minimum absolute atomic E-state index is 0.0161. The fraction of sp³-hybridized carbons (Fsp3) is 0.400. The molecule has 0 aliphatic carbocycles. The second-order valence-electron chi connectivity index (χ2n) is 5.76. The Balaban J connectivity index is 1.54. The molecule has 0 spiro atoms. The molecule has 0 bridgehead atoms. The average Bonchev–Trinajstić information content (AvgIpc) is 2.96. The second-order valence-corrected chi connectivity index (χ2v) is 8.49. The van der Waals surface area contributed by atoms with Gasteiger partial charge in [-0.05, 0) is 24.3 Å². The molecule has 11 heteroatoms. The standard InChI is InChI=1S/C15H18N4O5S2/c16-26(22,23)11-3-1-10(2-4-11)17-13(20)9-12-14(21)18-15(25-12)19-5-7-24-8-6-19/h1-4,12H,5-9H2,(H,17,20)(H2,16,22,23)/t12-/m1/s1. The third kappa shape index (κ3) is 4.61. The molecule has 3 N–H and O–H groups in total. The van der Waals surface area contributed by atoms with Gasteiger partial charge in [-0.1, -0.05) is 11.8 Å². The summed E-state index contributed by atoms with van der Waals surface area (Å²) in [6.45, 7) is 2.53. The van der Waals surface area contributed by atoms with Crippen LogP contribution in [0.1, 0.15) is 6.42 Å². The largest absolute Gasteiger partial charge is 0.378 e. The van der Waals surface area contributed by atoms with E-state index in [2.05, 4.69) is 10.3 Å². The van der Waals surface area contributed by atoms with Gasteiger partial charge in [-0.25, -0.2) is 13.6 Å². The molecule has 2 amide bonds. The highest BCUT2D eigenvalue weighted by atomic mass is 32.2. The number of nitrogens with one attached hydrogen (secondary N) is 1. The van der Waals surface area contributed by atoms with Gasteiger partial charge in [0.05, 0.1) is 18.1 Å². The number of anilines is 1. The van der Waals surface area contributed by atoms with Crippen LogP contribution in [0.5, 0.6) is 0 Å². The van der Waals surface area contributed by atoms with E-state index >= 15 is 0 Å². The third-order valence-electron chi connectivity index (χ3n) is 3.85. The molecule has 140 valence electrons.